The van der Waals surface area contributed by atoms with Crippen molar-refractivity contribution in [3.05, 3.63) is 51.7 Å². The molecule has 0 radical (unpaired) electrons. The van der Waals surface area contributed by atoms with Crippen LogP contribution >= 0.6 is 22.9 Å². The van der Waals surface area contributed by atoms with Gasteiger partial charge in [0, 0.05) is 27.5 Å². The van der Waals surface area contributed by atoms with Crippen LogP contribution in [0, 0.1) is 0 Å². The second-order valence-electron chi connectivity index (χ2n) is 6.89. The summed E-state index contributed by atoms with van der Waals surface area (Å²) in [7, 11) is 0. The molecule has 8 heteroatoms. The van der Waals surface area contributed by atoms with Crippen molar-refractivity contribution in [2.45, 2.75) is 31.1 Å². The highest BCUT2D eigenvalue weighted by atomic mass is 35.5. The Bertz CT molecular complexity index is 848. The molecule has 1 aromatic carbocycles. The van der Waals surface area contributed by atoms with Crippen molar-refractivity contribution in [2.24, 2.45) is 0 Å². The van der Waals surface area contributed by atoms with Crippen LogP contribution in [0.15, 0.2) is 41.8 Å². The molecule has 1 fully saturated rings. The largest absolute Gasteiger partial charge is 0.354 e. The van der Waals surface area contributed by atoms with Crippen molar-refractivity contribution in [1.82, 2.24) is 10.6 Å². The molecule has 0 atom stereocenters. The molecule has 1 saturated carbocycles. The highest BCUT2D eigenvalue weighted by Gasteiger charge is 2.36. The second kappa shape index (κ2) is 9.21. The maximum Gasteiger partial charge on any atom is 0.313 e. The van der Waals surface area contributed by atoms with Crippen molar-refractivity contribution in [3.63, 3.8) is 0 Å². The van der Waals surface area contributed by atoms with E-state index in [9.17, 15) is 14.4 Å². The SMILES string of the molecule is O=C(CNC(=O)C(=O)Nc1cccc(Cl)c1)NCC1(c2cccs2)CCCC1. The zero-order valence-corrected chi connectivity index (χ0v) is 16.9. The van der Waals surface area contributed by atoms with Gasteiger partial charge in [-0.05, 0) is 42.5 Å². The molecule has 0 aliphatic heterocycles. The molecule has 0 bridgehead atoms. The van der Waals surface area contributed by atoms with Gasteiger partial charge in [0.2, 0.25) is 5.91 Å². The summed E-state index contributed by atoms with van der Waals surface area (Å²) >= 11 is 7.55. The van der Waals surface area contributed by atoms with E-state index in [0.717, 1.165) is 25.7 Å². The first-order valence-electron chi connectivity index (χ1n) is 9.14. The Labute approximate surface area is 172 Å². The highest BCUT2D eigenvalue weighted by Crippen LogP contribution is 2.42. The molecule has 1 aliphatic rings. The number of carbonyl (C=O) groups is 3. The Kier molecular flexibility index (Phi) is 6.70. The van der Waals surface area contributed by atoms with Crippen LogP contribution in [0.5, 0.6) is 0 Å². The van der Waals surface area contributed by atoms with Crippen molar-refractivity contribution in [1.29, 1.82) is 0 Å². The number of hydrogen-bond acceptors (Lipinski definition) is 4. The zero-order chi connectivity index (χ0) is 20.0. The monoisotopic (exact) mass is 419 g/mol. The highest BCUT2D eigenvalue weighted by molar-refractivity contribution is 7.10. The summed E-state index contributed by atoms with van der Waals surface area (Å²) < 4.78 is 0. The lowest BCUT2D eigenvalue weighted by Crippen LogP contribution is -2.45. The predicted molar refractivity (Wildman–Crippen MR) is 111 cm³/mol. The molecular formula is C20H22ClN3O3S. The van der Waals surface area contributed by atoms with E-state index in [4.69, 9.17) is 11.6 Å². The Morgan fingerprint density at radius 1 is 1.04 bits per heavy atom. The number of thiophene rings is 1. The zero-order valence-electron chi connectivity index (χ0n) is 15.3. The van der Waals surface area contributed by atoms with E-state index in [1.807, 2.05) is 6.07 Å². The molecule has 0 unspecified atom stereocenters. The summed E-state index contributed by atoms with van der Waals surface area (Å²) in [4.78, 5) is 37.3. The first-order chi connectivity index (χ1) is 13.5. The summed E-state index contributed by atoms with van der Waals surface area (Å²) in [6.45, 7) is 0.291. The van der Waals surface area contributed by atoms with Gasteiger partial charge in [0.15, 0.2) is 0 Å². The quantitative estimate of drug-likeness (QED) is 0.629. The maximum absolute atomic E-state index is 12.2. The number of rotatable bonds is 6. The van der Waals surface area contributed by atoms with Crippen LogP contribution in [0.3, 0.4) is 0 Å². The molecular weight excluding hydrogens is 398 g/mol. The molecule has 28 heavy (non-hydrogen) atoms. The second-order valence-corrected chi connectivity index (χ2v) is 8.27. The lowest BCUT2D eigenvalue weighted by molar-refractivity contribution is -0.136. The number of carbonyl (C=O) groups excluding carboxylic acids is 3. The third kappa shape index (κ3) is 5.11. The minimum atomic E-state index is -0.871. The molecule has 2 aromatic rings. The smallest absolute Gasteiger partial charge is 0.313 e. The van der Waals surface area contributed by atoms with Crippen LogP contribution in [0.2, 0.25) is 5.02 Å². The third-order valence-electron chi connectivity index (χ3n) is 4.93. The van der Waals surface area contributed by atoms with Gasteiger partial charge in [0.05, 0.1) is 6.54 Å². The van der Waals surface area contributed by atoms with E-state index >= 15 is 0 Å². The fourth-order valence-electron chi connectivity index (χ4n) is 3.47. The molecule has 148 valence electrons. The lowest BCUT2D eigenvalue weighted by Gasteiger charge is -2.28. The van der Waals surface area contributed by atoms with Gasteiger partial charge in [-0.1, -0.05) is 36.6 Å². The summed E-state index contributed by atoms with van der Waals surface area (Å²) in [5.74, 6) is -2.03. The molecule has 6 nitrogen and oxygen atoms in total. The van der Waals surface area contributed by atoms with E-state index in [0.29, 0.717) is 17.3 Å². The summed E-state index contributed by atoms with van der Waals surface area (Å²) in [5, 5.41) is 10.2. The number of hydrogen-bond donors (Lipinski definition) is 3. The third-order valence-corrected chi connectivity index (χ3v) is 6.28. The van der Waals surface area contributed by atoms with Crippen LogP contribution in [-0.2, 0) is 19.8 Å². The average Bonchev–Trinajstić information content (AvgIpc) is 3.36. The minimum Gasteiger partial charge on any atom is -0.354 e. The van der Waals surface area contributed by atoms with Crippen molar-refractivity contribution < 1.29 is 14.4 Å². The van der Waals surface area contributed by atoms with Gasteiger partial charge >= 0.3 is 11.8 Å². The van der Waals surface area contributed by atoms with Crippen LogP contribution in [0.4, 0.5) is 5.69 Å². The fourth-order valence-corrected chi connectivity index (χ4v) is 4.65. The Hall–Kier alpha value is -2.38. The van der Waals surface area contributed by atoms with E-state index in [1.165, 1.54) is 10.9 Å². The van der Waals surface area contributed by atoms with Crippen LogP contribution < -0.4 is 16.0 Å². The van der Waals surface area contributed by atoms with Gasteiger partial charge < -0.3 is 16.0 Å². The minimum absolute atomic E-state index is 0.0161. The Balaban J connectivity index is 1.46. The van der Waals surface area contributed by atoms with Crippen molar-refractivity contribution >= 4 is 46.3 Å². The number of anilines is 1. The standard InChI is InChI=1S/C20H22ClN3O3S/c21-14-5-3-6-15(11-14)24-19(27)18(26)22-12-17(25)23-13-20(8-1-2-9-20)16-7-4-10-28-16/h3-7,10-11H,1-2,8-9,12-13H2,(H,22,26)(H,23,25)(H,24,27). The first-order valence-corrected chi connectivity index (χ1v) is 10.4. The van der Waals surface area contributed by atoms with E-state index in [1.54, 1.807) is 29.5 Å². The van der Waals surface area contributed by atoms with Crippen LogP contribution in [0.1, 0.15) is 30.6 Å². The molecule has 3 amide bonds. The predicted octanol–water partition coefficient (Wildman–Crippen LogP) is 3.08. The van der Waals surface area contributed by atoms with Crippen molar-refractivity contribution in [3.8, 4) is 0 Å². The van der Waals surface area contributed by atoms with Gasteiger partial charge in [0.1, 0.15) is 0 Å². The molecule has 3 N–H and O–H groups in total. The van der Waals surface area contributed by atoms with Gasteiger partial charge in [-0.25, -0.2) is 0 Å². The molecule has 1 aromatic heterocycles. The van der Waals surface area contributed by atoms with E-state index in [-0.39, 0.29) is 17.9 Å². The van der Waals surface area contributed by atoms with Gasteiger partial charge in [-0.15, -0.1) is 11.3 Å². The van der Waals surface area contributed by atoms with Gasteiger partial charge in [-0.2, -0.15) is 0 Å². The number of nitrogens with one attached hydrogen (secondary N) is 3. The van der Waals surface area contributed by atoms with Gasteiger partial charge in [-0.3, -0.25) is 14.4 Å². The topological polar surface area (TPSA) is 87.3 Å². The Morgan fingerprint density at radius 3 is 2.50 bits per heavy atom. The number of amides is 3. The number of benzene rings is 1. The van der Waals surface area contributed by atoms with Crippen LogP contribution in [0.25, 0.3) is 0 Å². The van der Waals surface area contributed by atoms with Crippen LogP contribution in [-0.4, -0.2) is 30.8 Å². The summed E-state index contributed by atoms with van der Waals surface area (Å²) in [6.07, 6.45) is 4.38. The molecule has 1 heterocycles. The first kappa shape index (κ1) is 20.4. The molecule has 0 spiro atoms. The lowest BCUT2D eigenvalue weighted by atomic mass is 9.84. The summed E-state index contributed by atoms with van der Waals surface area (Å²) in [6, 6.07) is 10.6. The van der Waals surface area contributed by atoms with Crippen molar-refractivity contribution in [2.75, 3.05) is 18.4 Å². The maximum atomic E-state index is 12.2. The summed E-state index contributed by atoms with van der Waals surface area (Å²) in [5.41, 5.74) is 0.397. The molecule has 1 aliphatic carbocycles. The molecule has 3 rings (SSSR count). The average molecular weight is 420 g/mol. The fraction of sp³-hybridized carbons (Fsp3) is 0.350. The van der Waals surface area contributed by atoms with Gasteiger partial charge in [0.25, 0.3) is 0 Å². The van der Waals surface area contributed by atoms with E-state index < -0.39 is 11.8 Å². The molecule has 0 saturated heterocycles. The normalized spacial score (nSPS) is 15.0. The number of halogens is 1. The van der Waals surface area contributed by atoms with E-state index in [2.05, 4.69) is 27.4 Å². The Morgan fingerprint density at radius 2 is 1.82 bits per heavy atom.